The molecule has 21 heavy (non-hydrogen) atoms. The molecular formula is C15H22Cl2N2OS. The van der Waals surface area contributed by atoms with Gasteiger partial charge >= 0.3 is 0 Å². The lowest BCUT2D eigenvalue weighted by Crippen LogP contribution is -2.44. The summed E-state index contributed by atoms with van der Waals surface area (Å²) in [5.41, 5.74) is 0. The van der Waals surface area contributed by atoms with Gasteiger partial charge in [-0.2, -0.15) is 0 Å². The van der Waals surface area contributed by atoms with Gasteiger partial charge in [-0.1, -0.05) is 11.6 Å². The van der Waals surface area contributed by atoms with E-state index in [-0.39, 0.29) is 18.3 Å². The van der Waals surface area contributed by atoms with Crippen LogP contribution in [0, 0.1) is 0 Å². The average Bonchev–Trinajstić information content (AvgIpc) is 2.49. The SMILES string of the molecule is CNC1CCN(C(=O)CCSc2ccc(Cl)cc2)CC1.Cl. The minimum Gasteiger partial charge on any atom is -0.343 e. The van der Waals surface area contributed by atoms with Crippen LogP contribution in [0.25, 0.3) is 0 Å². The van der Waals surface area contributed by atoms with Gasteiger partial charge < -0.3 is 10.2 Å². The van der Waals surface area contributed by atoms with Crippen LogP contribution in [-0.2, 0) is 4.79 Å². The van der Waals surface area contributed by atoms with Crippen molar-refractivity contribution in [1.82, 2.24) is 10.2 Å². The Morgan fingerprint density at radius 2 is 1.95 bits per heavy atom. The summed E-state index contributed by atoms with van der Waals surface area (Å²) in [4.78, 5) is 15.3. The molecule has 1 aliphatic heterocycles. The maximum Gasteiger partial charge on any atom is 0.223 e. The van der Waals surface area contributed by atoms with Crippen LogP contribution in [-0.4, -0.2) is 42.7 Å². The summed E-state index contributed by atoms with van der Waals surface area (Å²) in [6.45, 7) is 1.77. The van der Waals surface area contributed by atoms with Crippen LogP contribution >= 0.6 is 35.8 Å². The van der Waals surface area contributed by atoms with Gasteiger partial charge in [0, 0.05) is 41.2 Å². The second-order valence-corrected chi connectivity index (χ2v) is 6.60. The van der Waals surface area contributed by atoms with E-state index in [0.29, 0.717) is 12.5 Å². The van der Waals surface area contributed by atoms with E-state index in [2.05, 4.69) is 5.32 Å². The molecule has 0 spiro atoms. The van der Waals surface area contributed by atoms with Gasteiger partial charge in [0.05, 0.1) is 0 Å². The van der Waals surface area contributed by atoms with Crippen LogP contribution in [0.5, 0.6) is 0 Å². The average molecular weight is 349 g/mol. The predicted octanol–water partition coefficient (Wildman–Crippen LogP) is 3.45. The fraction of sp³-hybridized carbons (Fsp3) is 0.533. The molecule has 2 rings (SSSR count). The predicted molar refractivity (Wildman–Crippen MR) is 92.7 cm³/mol. The van der Waals surface area contributed by atoms with Crippen LogP contribution in [0.1, 0.15) is 19.3 Å². The number of hydrogen-bond donors (Lipinski definition) is 1. The van der Waals surface area contributed by atoms with Gasteiger partial charge in [0.2, 0.25) is 5.91 Å². The van der Waals surface area contributed by atoms with Crippen molar-refractivity contribution in [1.29, 1.82) is 0 Å². The Morgan fingerprint density at radius 3 is 2.52 bits per heavy atom. The number of benzene rings is 1. The first-order valence-corrected chi connectivity index (χ1v) is 8.39. The topological polar surface area (TPSA) is 32.3 Å². The third-order valence-corrected chi connectivity index (χ3v) is 4.92. The summed E-state index contributed by atoms with van der Waals surface area (Å²) in [5.74, 6) is 1.10. The maximum atomic E-state index is 12.1. The van der Waals surface area contributed by atoms with Gasteiger partial charge in [-0.15, -0.1) is 24.2 Å². The number of carbonyl (C=O) groups excluding carboxylic acids is 1. The summed E-state index contributed by atoms with van der Waals surface area (Å²) in [5, 5.41) is 4.03. The molecule has 1 heterocycles. The molecule has 6 heteroatoms. The number of thioether (sulfide) groups is 1. The van der Waals surface area contributed by atoms with Crippen LogP contribution in [0.4, 0.5) is 0 Å². The van der Waals surface area contributed by atoms with E-state index in [9.17, 15) is 4.79 Å². The first kappa shape index (κ1) is 18.6. The van der Waals surface area contributed by atoms with Gasteiger partial charge in [0.15, 0.2) is 0 Å². The summed E-state index contributed by atoms with van der Waals surface area (Å²) in [6, 6.07) is 8.33. The van der Waals surface area contributed by atoms with E-state index in [1.165, 1.54) is 0 Å². The molecule has 0 atom stereocenters. The molecule has 1 fully saturated rings. The molecular weight excluding hydrogens is 327 g/mol. The molecule has 118 valence electrons. The molecule has 0 aliphatic carbocycles. The van der Waals surface area contributed by atoms with Crippen molar-refractivity contribution in [2.75, 3.05) is 25.9 Å². The van der Waals surface area contributed by atoms with Crippen molar-refractivity contribution in [3.63, 3.8) is 0 Å². The summed E-state index contributed by atoms with van der Waals surface area (Å²) < 4.78 is 0. The minimum absolute atomic E-state index is 0. The highest BCUT2D eigenvalue weighted by molar-refractivity contribution is 7.99. The number of amides is 1. The molecule has 0 radical (unpaired) electrons. The van der Waals surface area contributed by atoms with Gasteiger partial charge in [-0.05, 0) is 44.2 Å². The maximum absolute atomic E-state index is 12.1. The fourth-order valence-electron chi connectivity index (χ4n) is 2.36. The van der Waals surface area contributed by atoms with E-state index >= 15 is 0 Å². The van der Waals surface area contributed by atoms with E-state index in [1.807, 2.05) is 36.2 Å². The van der Waals surface area contributed by atoms with Crippen molar-refractivity contribution in [2.24, 2.45) is 0 Å². The number of halogens is 2. The van der Waals surface area contributed by atoms with Gasteiger partial charge in [0.1, 0.15) is 0 Å². The second kappa shape index (κ2) is 9.57. The molecule has 3 nitrogen and oxygen atoms in total. The van der Waals surface area contributed by atoms with Crippen LogP contribution in [0.15, 0.2) is 29.2 Å². The van der Waals surface area contributed by atoms with Crippen molar-refractivity contribution in [2.45, 2.75) is 30.2 Å². The fourth-order valence-corrected chi connectivity index (χ4v) is 3.33. The quantitative estimate of drug-likeness (QED) is 0.827. The zero-order valence-electron chi connectivity index (χ0n) is 12.2. The highest BCUT2D eigenvalue weighted by Gasteiger charge is 2.21. The van der Waals surface area contributed by atoms with Crippen molar-refractivity contribution in [3.05, 3.63) is 29.3 Å². The Bertz CT molecular complexity index is 434. The highest BCUT2D eigenvalue weighted by Crippen LogP contribution is 2.21. The summed E-state index contributed by atoms with van der Waals surface area (Å²) in [6.07, 6.45) is 2.73. The third kappa shape index (κ3) is 6.07. The molecule has 0 unspecified atom stereocenters. The molecule has 1 N–H and O–H groups in total. The Hall–Kier alpha value is -0.420. The number of piperidine rings is 1. The largest absolute Gasteiger partial charge is 0.343 e. The molecule has 1 saturated heterocycles. The summed E-state index contributed by atoms with van der Waals surface area (Å²) >= 11 is 7.55. The van der Waals surface area contributed by atoms with Crippen molar-refractivity contribution >= 4 is 41.7 Å². The van der Waals surface area contributed by atoms with Crippen molar-refractivity contribution in [3.8, 4) is 0 Å². The molecule has 0 aromatic heterocycles. The normalized spacial score (nSPS) is 15.6. The molecule has 0 bridgehead atoms. The van der Waals surface area contributed by atoms with Crippen molar-refractivity contribution < 1.29 is 4.79 Å². The number of nitrogens with zero attached hydrogens (tertiary/aromatic N) is 1. The lowest BCUT2D eigenvalue weighted by atomic mass is 10.1. The van der Waals surface area contributed by atoms with E-state index in [1.54, 1.807) is 11.8 Å². The Balaban J connectivity index is 0.00000220. The standard InChI is InChI=1S/C15H21ClN2OS.ClH/c1-17-13-6-9-18(10-7-13)15(19)8-11-20-14-4-2-12(16)3-5-14;/h2-5,13,17H,6-11H2,1H3;1H. The number of likely N-dealkylation sites (tertiary alicyclic amines) is 1. The molecule has 0 saturated carbocycles. The zero-order valence-corrected chi connectivity index (χ0v) is 14.6. The lowest BCUT2D eigenvalue weighted by molar-refractivity contribution is -0.131. The second-order valence-electron chi connectivity index (χ2n) is 5.00. The zero-order chi connectivity index (χ0) is 14.4. The van der Waals surface area contributed by atoms with Crippen LogP contribution in [0.3, 0.4) is 0 Å². The number of nitrogens with one attached hydrogen (secondary N) is 1. The summed E-state index contributed by atoms with van der Waals surface area (Å²) in [7, 11) is 1.99. The highest BCUT2D eigenvalue weighted by atomic mass is 35.5. The smallest absolute Gasteiger partial charge is 0.223 e. The van der Waals surface area contributed by atoms with E-state index < -0.39 is 0 Å². The van der Waals surface area contributed by atoms with Gasteiger partial charge in [0.25, 0.3) is 0 Å². The van der Waals surface area contributed by atoms with E-state index in [4.69, 9.17) is 11.6 Å². The molecule has 1 aromatic rings. The van der Waals surface area contributed by atoms with Gasteiger partial charge in [-0.25, -0.2) is 0 Å². The number of hydrogen-bond acceptors (Lipinski definition) is 3. The monoisotopic (exact) mass is 348 g/mol. The third-order valence-electron chi connectivity index (χ3n) is 3.65. The van der Waals surface area contributed by atoms with Crippen LogP contribution in [0.2, 0.25) is 5.02 Å². The van der Waals surface area contributed by atoms with Gasteiger partial charge in [-0.3, -0.25) is 4.79 Å². The minimum atomic E-state index is 0. The molecule has 1 aliphatic rings. The lowest BCUT2D eigenvalue weighted by Gasteiger charge is -2.31. The molecule has 1 aromatic carbocycles. The Labute approximate surface area is 142 Å². The Kier molecular flexibility index (Phi) is 8.49. The Morgan fingerprint density at radius 1 is 1.33 bits per heavy atom. The van der Waals surface area contributed by atoms with Crippen LogP contribution < -0.4 is 5.32 Å². The number of carbonyl (C=O) groups is 1. The molecule has 1 amide bonds. The first-order valence-electron chi connectivity index (χ1n) is 7.02. The number of rotatable bonds is 5. The first-order chi connectivity index (χ1) is 9.69. The van der Waals surface area contributed by atoms with E-state index in [0.717, 1.165) is 41.6 Å².